The molecular weight excluding hydrogens is 206 g/mol. The van der Waals surface area contributed by atoms with Crippen molar-refractivity contribution in [2.24, 2.45) is 0 Å². The highest BCUT2D eigenvalue weighted by molar-refractivity contribution is 4.99. The Morgan fingerprint density at radius 3 is 2.88 bits per heavy atom. The van der Waals surface area contributed by atoms with E-state index in [4.69, 9.17) is 9.47 Å². The van der Waals surface area contributed by atoms with Crippen molar-refractivity contribution in [3.63, 3.8) is 0 Å². The smallest absolute Gasteiger partial charge is 0.0700 e. The predicted molar refractivity (Wildman–Crippen MR) is 62.5 cm³/mol. The molecule has 0 bridgehead atoms. The molecule has 0 saturated carbocycles. The van der Waals surface area contributed by atoms with Crippen LogP contribution in [0, 0.1) is 6.92 Å². The van der Waals surface area contributed by atoms with Crippen LogP contribution in [-0.4, -0.2) is 49.8 Å². The van der Waals surface area contributed by atoms with Crippen molar-refractivity contribution in [3.8, 4) is 0 Å². The Balaban J connectivity index is 1.88. The van der Waals surface area contributed by atoms with Crippen LogP contribution in [0.3, 0.4) is 0 Å². The van der Waals surface area contributed by atoms with Gasteiger partial charge in [-0.15, -0.1) is 0 Å². The van der Waals surface area contributed by atoms with Crippen LogP contribution in [0.1, 0.15) is 5.56 Å². The molecule has 5 nitrogen and oxygen atoms in total. The molecule has 0 aromatic carbocycles. The predicted octanol–water partition coefficient (Wildman–Crippen LogP) is 0.444. The van der Waals surface area contributed by atoms with E-state index in [1.807, 2.05) is 24.0 Å². The third kappa shape index (κ3) is 5.85. The average Bonchev–Trinajstić information content (AvgIpc) is 2.68. The molecule has 0 radical (unpaired) electrons. The number of hydrogen-bond acceptors (Lipinski definition) is 4. The lowest BCUT2D eigenvalue weighted by molar-refractivity contribution is 0.0719. The van der Waals surface area contributed by atoms with E-state index in [9.17, 15) is 0 Å². The van der Waals surface area contributed by atoms with E-state index in [1.54, 1.807) is 7.11 Å². The molecule has 1 aromatic heterocycles. The van der Waals surface area contributed by atoms with Crippen molar-refractivity contribution in [2.45, 2.75) is 13.5 Å². The van der Waals surface area contributed by atoms with Crippen LogP contribution in [0.5, 0.6) is 0 Å². The van der Waals surface area contributed by atoms with Gasteiger partial charge in [0, 0.05) is 26.4 Å². The van der Waals surface area contributed by atoms with Crippen LogP contribution in [0.15, 0.2) is 12.4 Å². The number of nitrogens with zero attached hydrogens (tertiary/aromatic N) is 2. The molecule has 0 atom stereocenters. The lowest BCUT2D eigenvalue weighted by atomic mass is 10.4. The fourth-order valence-corrected chi connectivity index (χ4v) is 1.30. The van der Waals surface area contributed by atoms with Gasteiger partial charge in [-0.2, -0.15) is 5.10 Å². The van der Waals surface area contributed by atoms with Gasteiger partial charge in [-0.25, -0.2) is 0 Å². The van der Waals surface area contributed by atoms with Gasteiger partial charge < -0.3 is 14.8 Å². The zero-order valence-corrected chi connectivity index (χ0v) is 10.1. The average molecular weight is 227 g/mol. The fourth-order valence-electron chi connectivity index (χ4n) is 1.30. The minimum Gasteiger partial charge on any atom is -0.382 e. The topological polar surface area (TPSA) is 48.3 Å². The number of aryl methyl sites for hydroxylation is 1. The summed E-state index contributed by atoms with van der Waals surface area (Å²) >= 11 is 0. The van der Waals surface area contributed by atoms with E-state index >= 15 is 0 Å². The normalized spacial score (nSPS) is 10.9. The summed E-state index contributed by atoms with van der Waals surface area (Å²) in [6.45, 7) is 6.76. The second-order valence-corrected chi connectivity index (χ2v) is 3.64. The van der Waals surface area contributed by atoms with Gasteiger partial charge in [0.25, 0.3) is 0 Å². The highest BCUT2D eigenvalue weighted by Crippen LogP contribution is 1.92. The third-order valence-electron chi connectivity index (χ3n) is 2.13. The zero-order valence-electron chi connectivity index (χ0n) is 10.1. The fraction of sp³-hybridized carbons (Fsp3) is 0.727. The summed E-state index contributed by atoms with van der Waals surface area (Å²) in [5, 5.41) is 7.50. The van der Waals surface area contributed by atoms with Crippen LogP contribution in [-0.2, 0) is 16.0 Å². The first-order valence-electron chi connectivity index (χ1n) is 5.59. The number of aromatic nitrogens is 2. The van der Waals surface area contributed by atoms with Crippen molar-refractivity contribution in [1.82, 2.24) is 15.1 Å². The second kappa shape index (κ2) is 8.27. The van der Waals surface area contributed by atoms with Crippen molar-refractivity contribution >= 4 is 0 Å². The molecular formula is C11H21N3O2. The quantitative estimate of drug-likeness (QED) is 0.622. The molecule has 1 N–H and O–H groups in total. The number of nitrogens with one attached hydrogen (secondary N) is 1. The number of ether oxygens (including phenoxy) is 2. The van der Waals surface area contributed by atoms with Crippen LogP contribution in [0.25, 0.3) is 0 Å². The van der Waals surface area contributed by atoms with Gasteiger partial charge >= 0.3 is 0 Å². The van der Waals surface area contributed by atoms with Crippen molar-refractivity contribution in [1.29, 1.82) is 0 Å². The highest BCUT2D eigenvalue weighted by atomic mass is 16.5. The van der Waals surface area contributed by atoms with Crippen LogP contribution in [0.2, 0.25) is 0 Å². The van der Waals surface area contributed by atoms with E-state index < -0.39 is 0 Å². The standard InChI is InChI=1S/C11H21N3O2/c1-11-9-13-14(10-11)5-3-12-4-6-16-8-7-15-2/h9-10,12H,3-8H2,1-2H3. The maximum atomic E-state index is 5.32. The summed E-state index contributed by atoms with van der Waals surface area (Å²) in [6.07, 6.45) is 3.91. The molecule has 0 amide bonds. The van der Waals surface area contributed by atoms with Gasteiger partial charge in [-0.05, 0) is 12.5 Å². The second-order valence-electron chi connectivity index (χ2n) is 3.64. The van der Waals surface area contributed by atoms with Crippen molar-refractivity contribution < 1.29 is 9.47 Å². The summed E-state index contributed by atoms with van der Waals surface area (Å²) in [5.41, 5.74) is 1.20. The molecule has 0 aliphatic carbocycles. The Morgan fingerprint density at radius 1 is 1.31 bits per heavy atom. The summed E-state index contributed by atoms with van der Waals surface area (Å²) < 4.78 is 12.1. The first-order valence-corrected chi connectivity index (χ1v) is 5.59. The Labute approximate surface area is 96.7 Å². The molecule has 1 rings (SSSR count). The van der Waals surface area contributed by atoms with Crippen LogP contribution < -0.4 is 5.32 Å². The molecule has 5 heteroatoms. The Kier molecular flexibility index (Phi) is 6.80. The van der Waals surface area contributed by atoms with Crippen molar-refractivity contribution in [2.75, 3.05) is 40.0 Å². The first-order chi connectivity index (χ1) is 7.83. The van der Waals surface area contributed by atoms with Gasteiger partial charge in [0.2, 0.25) is 0 Å². The van der Waals surface area contributed by atoms with E-state index in [-0.39, 0.29) is 0 Å². The molecule has 0 fully saturated rings. The van der Waals surface area contributed by atoms with Gasteiger partial charge in [0.1, 0.15) is 0 Å². The SMILES string of the molecule is COCCOCCNCCn1cc(C)cn1. The number of methoxy groups -OCH3 is 1. The Bertz CT molecular complexity index is 276. The minimum absolute atomic E-state index is 0.659. The molecule has 0 aliphatic heterocycles. The van der Waals surface area contributed by atoms with Crippen LogP contribution in [0.4, 0.5) is 0 Å². The Hall–Kier alpha value is -0.910. The highest BCUT2D eigenvalue weighted by Gasteiger charge is 1.93. The monoisotopic (exact) mass is 227 g/mol. The maximum Gasteiger partial charge on any atom is 0.0700 e. The van der Waals surface area contributed by atoms with Gasteiger partial charge in [0.15, 0.2) is 0 Å². The van der Waals surface area contributed by atoms with Gasteiger partial charge in [-0.3, -0.25) is 4.68 Å². The maximum absolute atomic E-state index is 5.32. The summed E-state index contributed by atoms with van der Waals surface area (Å²) in [6, 6.07) is 0. The Morgan fingerprint density at radius 2 is 2.19 bits per heavy atom. The number of rotatable bonds is 9. The van der Waals surface area contributed by atoms with Crippen molar-refractivity contribution in [3.05, 3.63) is 18.0 Å². The molecule has 0 saturated heterocycles. The molecule has 16 heavy (non-hydrogen) atoms. The largest absolute Gasteiger partial charge is 0.382 e. The van der Waals surface area contributed by atoms with Gasteiger partial charge in [0.05, 0.1) is 32.6 Å². The minimum atomic E-state index is 0.659. The van der Waals surface area contributed by atoms with E-state index in [0.29, 0.717) is 13.2 Å². The third-order valence-corrected chi connectivity index (χ3v) is 2.13. The van der Waals surface area contributed by atoms with Crippen LogP contribution >= 0.6 is 0 Å². The van der Waals surface area contributed by atoms with E-state index in [2.05, 4.69) is 10.4 Å². The molecule has 92 valence electrons. The molecule has 0 spiro atoms. The lowest BCUT2D eigenvalue weighted by Gasteiger charge is -2.05. The molecule has 1 heterocycles. The van der Waals surface area contributed by atoms with E-state index in [1.165, 1.54) is 5.56 Å². The lowest BCUT2D eigenvalue weighted by Crippen LogP contribution is -2.24. The summed E-state index contributed by atoms with van der Waals surface area (Å²) in [7, 11) is 1.67. The molecule has 0 aliphatic rings. The van der Waals surface area contributed by atoms with E-state index in [0.717, 1.165) is 26.2 Å². The molecule has 1 aromatic rings. The number of hydrogen-bond donors (Lipinski definition) is 1. The summed E-state index contributed by atoms with van der Waals surface area (Å²) in [5.74, 6) is 0. The first kappa shape index (κ1) is 13.2. The summed E-state index contributed by atoms with van der Waals surface area (Å²) in [4.78, 5) is 0. The zero-order chi connectivity index (χ0) is 11.6. The van der Waals surface area contributed by atoms with Gasteiger partial charge in [-0.1, -0.05) is 0 Å². The molecule has 0 unspecified atom stereocenters.